The Kier molecular flexibility index (Phi) is 4.52. The Balaban J connectivity index is 1.84. The fourth-order valence-corrected chi connectivity index (χ4v) is 5.02. The van der Waals surface area contributed by atoms with Crippen LogP contribution >= 0.6 is 0 Å². The molecule has 0 radical (unpaired) electrons. The van der Waals surface area contributed by atoms with Crippen LogP contribution in [-0.4, -0.2) is 39.1 Å². The molecule has 4 rings (SSSR count). The van der Waals surface area contributed by atoms with Gasteiger partial charge in [0.05, 0.1) is 0 Å². The summed E-state index contributed by atoms with van der Waals surface area (Å²) in [5, 5.41) is 10.2. The number of aryl methyl sites for hydroxylation is 2. The van der Waals surface area contributed by atoms with E-state index < -0.39 is 11.3 Å². The monoisotopic (exact) mass is 381 g/mol. The molecule has 2 aromatic rings. The van der Waals surface area contributed by atoms with E-state index in [-0.39, 0.29) is 17.0 Å². The summed E-state index contributed by atoms with van der Waals surface area (Å²) in [6, 6.07) is 6.57. The molecule has 0 unspecified atom stereocenters. The number of amides is 1. The molecule has 1 aromatic heterocycles. The van der Waals surface area contributed by atoms with Gasteiger partial charge in [0.15, 0.2) is 5.69 Å². The Morgan fingerprint density at radius 3 is 2.54 bits per heavy atom. The lowest BCUT2D eigenvalue weighted by Crippen LogP contribution is -2.42. The summed E-state index contributed by atoms with van der Waals surface area (Å²) in [5.41, 5.74) is 3.10. The highest BCUT2D eigenvalue weighted by Gasteiger charge is 2.39. The summed E-state index contributed by atoms with van der Waals surface area (Å²) in [5.74, 6) is -0.245. The molecule has 6 heteroatoms. The van der Waals surface area contributed by atoms with Crippen LogP contribution in [0.2, 0.25) is 0 Å². The normalized spacial score (nSPS) is 18.4. The lowest BCUT2D eigenvalue weighted by Gasteiger charge is -2.34. The Morgan fingerprint density at radius 1 is 1.14 bits per heavy atom. The predicted octanol–water partition coefficient (Wildman–Crippen LogP) is 2.71. The van der Waals surface area contributed by atoms with E-state index in [1.54, 1.807) is 11.6 Å². The summed E-state index contributed by atoms with van der Waals surface area (Å²) in [7, 11) is 1.68. The third kappa shape index (κ3) is 2.91. The van der Waals surface area contributed by atoms with Crippen molar-refractivity contribution in [3.05, 3.63) is 56.8 Å². The number of rotatable bonds is 3. The molecule has 0 saturated heterocycles. The van der Waals surface area contributed by atoms with Gasteiger partial charge >= 0.3 is 5.56 Å². The molecule has 1 aromatic carbocycles. The van der Waals surface area contributed by atoms with Gasteiger partial charge in [0.2, 0.25) is 5.75 Å². The standard InChI is InChI=1S/C22H27N3O3/c1-14-6-7-16(15(2)12-14)22(8-4-5-9-22)13-17-23-20(27)19(26)18-21(28)24(3)10-11-25(17)18/h6-7,12,26H,4-5,8-11,13H2,1-3H3. The Hall–Kier alpha value is -2.63. The molecule has 1 amide bonds. The Bertz CT molecular complexity index is 1000. The van der Waals surface area contributed by atoms with E-state index in [9.17, 15) is 14.7 Å². The lowest BCUT2D eigenvalue weighted by molar-refractivity contribution is 0.0737. The molecule has 2 aliphatic rings. The zero-order valence-corrected chi connectivity index (χ0v) is 16.8. The van der Waals surface area contributed by atoms with Crippen LogP contribution < -0.4 is 5.56 Å². The Labute approximate surface area is 164 Å². The van der Waals surface area contributed by atoms with Crippen LogP contribution in [0.5, 0.6) is 5.75 Å². The second-order valence-corrected chi connectivity index (χ2v) is 8.39. The van der Waals surface area contributed by atoms with Crippen molar-refractivity contribution in [3.8, 4) is 5.75 Å². The van der Waals surface area contributed by atoms with Crippen molar-refractivity contribution in [1.29, 1.82) is 0 Å². The summed E-state index contributed by atoms with van der Waals surface area (Å²) in [6.45, 7) is 5.32. The van der Waals surface area contributed by atoms with E-state index in [0.717, 1.165) is 25.7 Å². The van der Waals surface area contributed by atoms with E-state index in [1.165, 1.54) is 21.6 Å². The van der Waals surface area contributed by atoms with E-state index >= 15 is 0 Å². The first-order valence-corrected chi connectivity index (χ1v) is 9.98. The van der Waals surface area contributed by atoms with Gasteiger partial charge in [-0.3, -0.25) is 9.59 Å². The van der Waals surface area contributed by atoms with Crippen molar-refractivity contribution in [2.45, 2.75) is 57.9 Å². The second-order valence-electron chi connectivity index (χ2n) is 8.39. The number of aromatic nitrogens is 2. The fourth-order valence-electron chi connectivity index (χ4n) is 5.02. The number of carbonyl (C=O) groups excluding carboxylic acids is 1. The molecule has 1 aliphatic heterocycles. The minimum absolute atomic E-state index is 0.0810. The molecule has 1 N–H and O–H groups in total. The minimum atomic E-state index is -0.710. The molecule has 1 saturated carbocycles. The molecule has 148 valence electrons. The molecule has 1 aliphatic carbocycles. The van der Waals surface area contributed by atoms with Gasteiger partial charge in [-0.05, 0) is 37.8 Å². The van der Waals surface area contributed by atoms with Crippen LogP contribution in [0.1, 0.15) is 58.7 Å². The molecule has 0 atom stereocenters. The zero-order chi connectivity index (χ0) is 20.1. The third-order valence-corrected chi connectivity index (χ3v) is 6.46. The molecular formula is C22H27N3O3. The average Bonchev–Trinajstić information content (AvgIpc) is 3.11. The zero-order valence-electron chi connectivity index (χ0n) is 16.8. The molecular weight excluding hydrogens is 354 g/mol. The van der Waals surface area contributed by atoms with E-state index in [4.69, 9.17) is 0 Å². The number of fused-ring (bicyclic) bond motifs is 1. The summed E-state index contributed by atoms with van der Waals surface area (Å²) >= 11 is 0. The number of nitrogens with zero attached hydrogens (tertiary/aromatic N) is 3. The van der Waals surface area contributed by atoms with Crippen molar-refractivity contribution in [2.75, 3.05) is 13.6 Å². The molecule has 2 heterocycles. The summed E-state index contributed by atoms with van der Waals surface area (Å²) in [6.07, 6.45) is 4.97. The first kappa shape index (κ1) is 18.7. The summed E-state index contributed by atoms with van der Waals surface area (Å²) in [4.78, 5) is 30.7. The number of likely N-dealkylation sites (N-methyl/N-ethyl adjacent to an activating group) is 1. The number of benzene rings is 1. The van der Waals surface area contributed by atoms with Crippen LogP contribution in [0.15, 0.2) is 23.0 Å². The van der Waals surface area contributed by atoms with Gasteiger partial charge in [0.25, 0.3) is 5.91 Å². The van der Waals surface area contributed by atoms with Crippen LogP contribution in [0.4, 0.5) is 0 Å². The van der Waals surface area contributed by atoms with Crippen molar-refractivity contribution < 1.29 is 9.90 Å². The van der Waals surface area contributed by atoms with Gasteiger partial charge in [-0.25, -0.2) is 0 Å². The highest BCUT2D eigenvalue weighted by molar-refractivity contribution is 5.95. The maximum Gasteiger partial charge on any atom is 0.315 e. The topological polar surface area (TPSA) is 75.4 Å². The van der Waals surface area contributed by atoms with Crippen molar-refractivity contribution in [2.24, 2.45) is 0 Å². The van der Waals surface area contributed by atoms with Gasteiger partial charge in [0.1, 0.15) is 5.82 Å². The quantitative estimate of drug-likeness (QED) is 0.887. The maximum atomic E-state index is 12.6. The Morgan fingerprint density at radius 2 is 1.86 bits per heavy atom. The summed E-state index contributed by atoms with van der Waals surface area (Å²) < 4.78 is 1.77. The number of hydrogen-bond donors (Lipinski definition) is 1. The van der Waals surface area contributed by atoms with Gasteiger partial charge in [-0.2, -0.15) is 4.98 Å². The van der Waals surface area contributed by atoms with Gasteiger partial charge in [0, 0.05) is 32.0 Å². The highest BCUT2D eigenvalue weighted by atomic mass is 16.3. The van der Waals surface area contributed by atoms with Gasteiger partial charge < -0.3 is 14.6 Å². The molecule has 6 nitrogen and oxygen atoms in total. The smallest absolute Gasteiger partial charge is 0.315 e. The van der Waals surface area contributed by atoms with Crippen LogP contribution in [0, 0.1) is 13.8 Å². The van der Waals surface area contributed by atoms with Crippen LogP contribution in [-0.2, 0) is 18.4 Å². The fraction of sp³-hybridized carbons (Fsp3) is 0.500. The lowest BCUT2D eigenvalue weighted by atomic mass is 9.73. The van der Waals surface area contributed by atoms with E-state index in [0.29, 0.717) is 25.3 Å². The number of hydrogen-bond acceptors (Lipinski definition) is 4. The van der Waals surface area contributed by atoms with Crippen molar-refractivity contribution in [3.63, 3.8) is 0 Å². The van der Waals surface area contributed by atoms with Crippen LogP contribution in [0.25, 0.3) is 0 Å². The second kappa shape index (κ2) is 6.76. The molecule has 28 heavy (non-hydrogen) atoms. The van der Waals surface area contributed by atoms with Crippen molar-refractivity contribution >= 4 is 5.91 Å². The predicted molar refractivity (Wildman–Crippen MR) is 107 cm³/mol. The van der Waals surface area contributed by atoms with Gasteiger partial charge in [-0.1, -0.05) is 36.6 Å². The first-order chi connectivity index (χ1) is 13.3. The number of aromatic hydroxyl groups is 1. The largest absolute Gasteiger partial charge is 0.501 e. The van der Waals surface area contributed by atoms with Crippen LogP contribution in [0.3, 0.4) is 0 Å². The molecule has 0 bridgehead atoms. The average molecular weight is 381 g/mol. The molecule has 0 spiro atoms. The van der Waals surface area contributed by atoms with Gasteiger partial charge in [-0.15, -0.1) is 0 Å². The van der Waals surface area contributed by atoms with E-state index in [1.807, 2.05) is 0 Å². The SMILES string of the molecule is Cc1ccc(C2(Cc3nc(=O)c(O)c4n3CCN(C)C4=O)CCCC2)c(C)c1. The minimum Gasteiger partial charge on any atom is -0.501 e. The maximum absolute atomic E-state index is 12.6. The molecule has 1 fully saturated rings. The highest BCUT2D eigenvalue weighted by Crippen LogP contribution is 2.45. The third-order valence-electron chi connectivity index (χ3n) is 6.46. The first-order valence-electron chi connectivity index (χ1n) is 9.98. The van der Waals surface area contributed by atoms with E-state index in [2.05, 4.69) is 37.0 Å². The number of carbonyl (C=O) groups is 1. The van der Waals surface area contributed by atoms with Crippen molar-refractivity contribution in [1.82, 2.24) is 14.5 Å².